The van der Waals surface area contributed by atoms with E-state index >= 15 is 0 Å². The zero-order valence-corrected chi connectivity index (χ0v) is 17.9. The minimum absolute atomic E-state index is 0.0142. The molecule has 1 aromatic carbocycles. The number of piperazine rings is 1. The van der Waals surface area contributed by atoms with Crippen LogP contribution in [0.2, 0.25) is 0 Å². The third-order valence-electron chi connectivity index (χ3n) is 6.03. The Morgan fingerprint density at radius 2 is 1.97 bits per heavy atom. The molecule has 7 nitrogen and oxygen atoms in total. The molecule has 2 amide bonds. The Labute approximate surface area is 181 Å². The van der Waals surface area contributed by atoms with E-state index in [-0.39, 0.29) is 36.3 Å². The number of hydrogen-bond acceptors (Lipinski definition) is 5. The molecule has 3 heterocycles. The third kappa shape index (κ3) is 4.91. The van der Waals surface area contributed by atoms with Crippen LogP contribution >= 0.6 is 0 Å². The van der Waals surface area contributed by atoms with Crippen LogP contribution in [0.5, 0.6) is 0 Å². The van der Waals surface area contributed by atoms with Crippen molar-refractivity contribution in [2.24, 2.45) is 0 Å². The summed E-state index contributed by atoms with van der Waals surface area (Å²) in [5.41, 5.74) is 2.74. The van der Waals surface area contributed by atoms with Gasteiger partial charge in [0.1, 0.15) is 5.82 Å². The summed E-state index contributed by atoms with van der Waals surface area (Å²) >= 11 is 0. The zero-order chi connectivity index (χ0) is 22.0. The van der Waals surface area contributed by atoms with Gasteiger partial charge in [-0.25, -0.2) is 4.39 Å². The average molecular weight is 426 g/mol. The summed E-state index contributed by atoms with van der Waals surface area (Å²) in [6, 6.07) is 8.57. The second-order valence-electron chi connectivity index (χ2n) is 8.25. The first-order valence-corrected chi connectivity index (χ1v) is 10.6. The Kier molecular flexibility index (Phi) is 6.29. The summed E-state index contributed by atoms with van der Waals surface area (Å²) < 4.78 is 14.7. The number of carbonyl (C=O) groups is 2. The number of carbonyl (C=O) groups excluding carboxylic acids is 2. The second-order valence-corrected chi connectivity index (χ2v) is 8.25. The van der Waals surface area contributed by atoms with E-state index in [0.29, 0.717) is 30.8 Å². The van der Waals surface area contributed by atoms with Crippen LogP contribution in [-0.4, -0.2) is 71.5 Å². The number of aryl methyl sites for hydroxylation is 1. The second kappa shape index (κ2) is 9.11. The number of nitrogens with zero attached hydrogens (tertiary/aromatic N) is 3. The van der Waals surface area contributed by atoms with Gasteiger partial charge >= 0.3 is 0 Å². The number of pyridine rings is 1. The van der Waals surface area contributed by atoms with Gasteiger partial charge < -0.3 is 10.2 Å². The van der Waals surface area contributed by atoms with Gasteiger partial charge in [-0.1, -0.05) is 12.1 Å². The van der Waals surface area contributed by atoms with Crippen LogP contribution in [-0.2, 0) is 16.0 Å². The number of benzene rings is 1. The van der Waals surface area contributed by atoms with Crippen LogP contribution in [0.15, 0.2) is 36.5 Å². The summed E-state index contributed by atoms with van der Waals surface area (Å²) in [6.07, 6.45) is 1.87. The van der Waals surface area contributed by atoms with E-state index in [1.165, 1.54) is 6.07 Å². The lowest BCUT2D eigenvalue weighted by molar-refractivity contribution is -0.131. The first kappa shape index (κ1) is 21.4. The predicted molar refractivity (Wildman–Crippen MR) is 116 cm³/mol. The molecule has 2 aliphatic rings. The van der Waals surface area contributed by atoms with Crippen LogP contribution in [0.3, 0.4) is 0 Å². The highest BCUT2D eigenvalue weighted by atomic mass is 19.1. The molecule has 0 saturated carbocycles. The fourth-order valence-corrected chi connectivity index (χ4v) is 4.23. The van der Waals surface area contributed by atoms with Crippen molar-refractivity contribution in [1.29, 1.82) is 0 Å². The van der Waals surface area contributed by atoms with Crippen molar-refractivity contribution >= 4 is 11.8 Å². The molecule has 1 unspecified atom stereocenters. The highest BCUT2D eigenvalue weighted by Gasteiger charge is 2.37. The van der Waals surface area contributed by atoms with Gasteiger partial charge in [0.05, 0.1) is 18.6 Å². The molecule has 2 atom stereocenters. The molecule has 0 spiro atoms. The molecule has 2 aromatic rings. The zero-order valence-electron chi connectivity index (χ0n) is 17.9. The van der Waals surface area contributed by atoms with Gasteiger partial charge in [0.25, 0.3) is 0 Å². The smallest absolute Gasteiger partial charge is 0.224 e. The van der Waals surface area contributed by atoms with Gasteiger partial charge in [0.2, 0.25) is 11.8 Å². The van der Waals surface area contributed by atoms with Crippen molar-refractivity contribution in [3.8, 4) is 11.1 Å². The summed E-state index contributed by atoms with van der Waals surface area (Å²) in [4.78, 5) is 32.3. The van der Waals surface area contributed by atoms with Crippen molar-refractivity contribution in [3.63, 3.8) is 0 Å². The summed E-state index contributed by atoms with van der Waals surface area (Å²) in [5.74, 6) is -0.364. The molecule has 1 aromatic heterocycles. The van der Waals surface area contributed by atoms with Crippen molar-refractivity contribution in [2.75, 3.05) is 32.7 Å². The van der Waals surface area contributed by atoms with Gasteiger partial charge in [0.15, 0.2) is 0 Å². The lowest BCUT2D eigenvalue weighted by Gasteiger charge is -2.48. The molecular weight excluding hydrogens is 397 g/mol. The maximum atomic E-state index is 14.7. The first-order valence-electron chi connectivity index (χ1n) is 10.6. The molecule has 164 valence electrons. The Balaban J connectivity index is 1.32. The van der Waals surface area contributed by atoms with Gasteiger partial charge in [-0.3, -0.25) is 24.8 Å². The van der Waals surface area contributed by atoms with Gasteiger partial charge in [-0.05, 0) is 36.2 Å². The van der Waals surface area contributed by atoms with E-state index in [9.17, 15) is 14.0 Å². The maximum Gasteiger partial charge on any atom is 0.224 e. The fourth-order valence-electron chi connectivity index (χ4n) is 4.23. The Morgan fingerprint density at radius 3 is 2.58 bits per heavy atom. The molecule has 2 N–H and O–H groups in total. The first-order chi connectivity index (χ1) is 14.9. The maximum absolute atomic E-state index is 14.7. The molecule has 0 bridgehead atoms. The lowest BCUT2D eigenvalue weighted by Crippen LogP contribution is -2.73. The Bertz CT molecular complexity index is 974. The number of halogens is 1. The number of aromatic nitrogens is 1. The van der Waals surface area contributed by atoms with Crippen LogP contribution in [0.25, 0.3) is 11.1 Å². The molecule has 4 rings (SSSR count). The van der Waals surface area contributed by atoms with Crippen molar-refractivity contribution in [1.82, 2.24) is 25.4 Å². The van der Waals surface area contributed by atoms with E-state index in [2.05, 4.69) is 20.5 Å². The number of nitrogens with one attached hydrogen (secondary N) is 2. The van der Waals surface area contributed by atoms with E-state index in [1.54, 1.807) is 31.3 Å². The van der Waals surface area contributed by atoms with Crippen molar-refractivity contribution in [2.45, 2.75) is 32.5 Å². The molecule has 0 radical (unpaired) electrons. The van der Waals surface area contributed by atoms with E-state index < -0.39 is 0 Å². The number of hydrogen-bond donors (Lipinski definition) is 2. The minimum atomic E-state index is -0.345. The quantitative estimate of drug-likeness (QED) is 0.756. The third-order valence-corrected chi connectivity index (χ3v) is 6.03. The predicted octanol–water partition coefficient (Wildman–Crippen LogP) is 1.32. The highest BCUT2D eigenvalue weighted by Crippen LogP contribution is 2.24. The van der Waals surface area contributed by atoms with Gasteiger partial charge in [-0.2, -0.15) is 0 Å². The van der Waals surface area contributed by atoms with Crippen LogP contribution in [0.1, 0.15) is 18.2 Å². The average Bonchev–Trinajstić information content (AvgIpc) is 2.72. The normalized spacial score (nSPS) is 21.5. The fraction of sp³-hybridized carbons (Fsp3) is 0.435. The van der Waals surface area contributed by atoms with Gasteiger partial charge in [-0.15, -0.1) is 0 Å². The van der Waals surface area contributed by atoms with Crippen LogP contribution < -0.4 is 10.6 Å². The van der Waals surface area contributed by atoms with Crippen LogP contribution in [0, 0.1) is 12.7 Å². The summed E-state index contributed by atoms with van der Waals surface area (Å²) in [7, 11) is 0. The SMILES string of the molecule is CC(=O)N1CCN([C@@H]2NCC2NC(=O)Cc2ccc(-c3ccnc(C)c3)c(F)c2)CC1. The lowest BCUT2D eigenvalue weighted by atomic mass is 10.0. The Morgan fingerprint density at radius 1 is 1.19 bits per heavy atom. The molecule has 31 heavy (non-hydrogen) atoms. The van der Waals surface area contributed by atoms with Crippen LogP contribution in [0.4, 0.5) is 4.39 Å². The molecule has 0 aliphatic carbocycles. The van der Waals surface area contributed by atoms with E-state index in [0.717, 1.165) is 24.3 Å². The molecular formula is C23H28FN5O2. The Hall–Kier alpha value is -2.84. The van der Waals surface area contributed by atoms with E-state index in [1.807, 2.05) is 17.9 Å². The van der Waals surface area contributed by atoms with Crippen molar-refractivity contribution < 1.29 is 14.0 Å². The van der Waals surface area contributed by atoms with Gasteiger partial charge in [0, 0.05) is 57.1 Å². The monoisotopic (exact) mass is 425 g/mol. The largest absolute Gasteiger partial charge is 0.349 e. The van der Waals surface area contributed by atoms with Crippen molar-refractivity contribution in [3.05, 3.63) is 53.6 Å². The van der Waals surface area contributed by atoms with E-state index in [4.69, 9.17) is 0 Å². The standard InChI is InChI=1S/C23H28FN5O2/c1-15-11-18(5-6-25-15)19-4-3-17(12-20(19)24)13-22(31)27-21-14-26-23(21)29-9-7-28(8-10-29)16(2)30/h3-6,11-12,21,23,26H,7-10,13-14H2,1-2H3,(H,27,31)/t21?,23-/m0/s1. The summed E-state index contributed by atoms with van der Waals surface area (Å²) in [6.45, 7) is 7.14. The summed E-state index contributed by atoms with van der Waals surface area (Å²) in [5, 5.41) is 6.43. The molecule has 2 saturated heterocycles. The topological polar surface area (TPSA) is 77.6 Å². The molecule has 2 aliphatic heterocycles. The molecule has 8 heteroatoms. The minimum Gasteiger partial charge on any atom is -0.349 e. The number of amides is 2. The highest BCUT2D eigenvalue weighted by molar-refractivity contribution is 5.79. The molecule has 2 fully saturated rings. The number of rotatable bonds is 5.